The van der Waals surface area contributed by atoms with E-state index in [-0.39, 0.29) is 11.5 Å². The van der Waals surface area contributed by atoms with Gasteiger partial charge >= 0.3 is 0 Å². The van der Waals surface area contributed by atoms with Crippen LogP contribution in [-0.4, -0.2) is 35.7 Å². The third-order valence-corrected chi connectivity index (χ3v) is 2.56. The number of hydrogen-bond donors (Lipinski definition) is 1. The Bertz CT molecular complexity index is 513. The third-order valence-electron chi connectivity index (χ3n) is 2.56. The number of morpholine rings is 1. The van der Waals surface area contributed by atoms with Gasteiger partial charge < -0.3 is 15.4 Å². The zero-order chi connectivity index (χ0) is 13.1. The molecule has 18 heavy (non-hydrogen) atoms. The smallest absolute Gasteiger partial charge is 0.276 e. The first kappa shape index (κ1) is 12.1. The van der Waals surface area contributed by atoms with E-state index < -0.39 is 11.0 Å². The van der Waals surface area contributed by atoms with Crippen molar-refractivity contribution >= 4 is 17.3 Å². The van der Waals surface area contributed by atoms with E-state index in [1.54, 1.807) is 4.90 Å². The number of aromatic nitrogens is 1. The van der Waals surface area contributed by atoms with Crippen molar-refractivity contribution in [1.82, 2.24) is 4.98 Å². The van der Waals surface area contributed by atoms with Crippen LogP contribution in [0.5, 0.6) is 0 Å². The van der Waals surface area contributed by atoms with Gasteiger partial charge in [-0.1, -0.05) is 0 Å². The minimum atomic E-state index is -0.555. The fraction of sp³-hybridized carbons (Fsp3) is 0.400. The van der Waals surface area contributed by atoms with Crippen molar-refractivity contribution in [1.29, 1.82) is 5.26 Å². The molecular formula is C10H11N5O3. The third kappa shape index (κ3) is 2.46. The number of nitrogens with zero attached hydrogens (tertiary/aromatic N) is 4. The summed E-state index contributed by atoms with van der Waals surface area (Å²) in [5, 5.41) is 19.5. The summed E-state index contributed by atoms with van der Waals surface area (Å²) in [4.78, 5) is 16.0. The van der Waals surface area contributed by atoms with E-state index in [1.165, 1.54) is 12.1 Å². The highest BCUT2D eigenvalue weighted by Crippen LogP contribution is 2.23. The number of anilines is 2. The van der Waals surface area contributed by atoms with Crippen LogP contribution in [0.4, 0.5) is 17.3 Å². The number of hydrogen-bond acceptors (Lipinski definition) is 7. The largest absolute Gasteiger partial charge is 0.383 e. The quantitative estimate of drug-likeness (QED) is 0.591. The Balaban J connectivity index is 2.27. The predicted octanol–water partition coefficient (Wildman–Crippen LogP) is 0.301. The molecule has 0 aliphatic carbocycles. The minimum absolute atomic E-state index is 0.0826. The molecule has 2 heterocycles. The van der Waals surface area contributed by atoms with E-state index in [4.69, 9.17) is 15.7 Å². The Morgan fingerprint density at radius 1 is 1.67 bits per heavy atom. The first-order valence-corrected chi connectivity index (χ1v) is 5.28. The Morgan fingerprint density at radius 2 is 2.44 bits per heavy atom. The molecule has 0 saturated carbocycles. The molecule has 1 aromatic heterocycles. The van der Waals surface area contributed by atoms with Gasteiger partial charge in [-0.2, -0.15) is 5.26 Å². The lowest BCUT2D eigenvalue weighted by Gasteiger charge is -2.30. The predicted molar refractivity (Wildman–Crippen MR) is 62.9 cm³/mol. The maximum Gasteiger partial charge on any atom is 0.276 e. The first-order valence-electron chi connectivity index (χ1n) is 5.28. The molecule has 1 saturated heterocycles. The molecular weight excluding hydrogens is 238 g/mol. The van der Waals surface area contributed by atoms with Gasteiger partial charge in [0.15, 0.2) is 6.10 Å². The van der Waals surface area contributed by atoms with Crippen molar-refractivity contribution in [2.75, 3.05) is 30.3 Å². The molecule has 1 aromatic rings. The Labute approximate surface area is 103 Å². The lowest BCUT2D eigenvalue weighted by atomic mass is 10.2. The number of pyridine rings is 1. The van der Waals surface area contributed by atoms with Crippen molar-refractivity contribution < 1.29 is 9.66 Å². The van der Waals surface area contributed by atoms with Gasteiger partial charge in [-0.15, -0.1) is 0 Å². The second-order valence-corrected chi connectivity index (χ2v) is 3.80. The van der Waals surface area contributed by atoms with E-state index in [0.717, 1.165) is 0 Å². The fourth-order valence-electron chi connectivity index (χ4n) is 1.73. The molecule has 1 aliphatic heterocycles. The van der Waals surface area contributed by atoms with Gasteiger partial charge in [0.2, 0.25) is 0 Å². The zero-order valence-electron chi connectivity index (χ0n) is 9.44. The van der Waals surface area contributed by atoms with Crippen LogP contribution in [0.15, 0.2) is 12.1 Å². The van der Waals surface area contributed by atoms with Crippen molar-refractivity contribution in [3.63, 3.8) is 0 Å². The number of nitrogen functional groups attached to an aromatic ring is 1. The molecule has 1 aliphatic rings. The zero-order valence-corrected chi connectivity index (χ0v) is 9.44. The number of nitriles is 1. The lowest BCUT2D eigenvalue weighted by Crippen LogP contribution is -2.42. The summed E-state index contributed by atoms with van der Waals surface area (Å²) in [5.74, 6) is 0.476. The lowest BCUT2D eigenvalue weighted by molar-refractivity contribution is -0.384. The van der Waals surface area contributed by atoms with Crippen LogP contribution >= 0.6 is 0 Å². The van der Waals surface area contributed by atoms with E-state index in [0.29, 0.717) is 25.5 Å². The van der Waals surface area contributed by atoms with Gasteiger partial charge in [-0.25, -0.2) is 4.98 Å². The summed E-state index contributed by atoms with van der Waals surface area (Å²) >= 11 is 0. The summed E-state index contributed by atoms with van der Waals surface area (Å²) in [5.41, 5.74) is 5.42. The number of ether oxygens (including phenoxy) is 1. The summed E-state index contributed by atoms with van der Waals surface area (Å²) in [6.45, 7) is 1.22. The van der Waals surface area contributed by atoms with Gasteiger partial charge in [-0.05, 0) is 0 Å². The first-order chi connectivity index (χ1) is 8.60. The maximum absolute atomic E-state index is 10.7. The highest BCUT2D eigenvalue weighted by atomic mass is 16.6. The molecule has 1 unspecified atom stereocenters. The van der Waals surface area contributed by atoms with E-state index in [2.05, 4.69) is 4.98 Å². The average Bonchev–Trinajstić information content (AvgIpc) is 2.38. The van der Waals surface area contributed by atoms with Crippen LogP contribution in [-0.2, 0) is 4.74 Å². The van der Waals surface area contributed by atoms with Gasteiger partial charge in [0.05, 0.1) is 36.3 Å². The normalized spacial score (nSPS) is 19.3. The van der Waals surface area contributed by atoms with Crippen molar-refractivity contribution in [3.05, 3.63) is 22.2 Å². The van der Waals surface area contributed by atoms with Gasteiger partial charge in [0.1, 0.15) is 11.6 Å². The number of rotatable bonds is 2. The standard InChI is InChI=1S/C10H11N5O3/c11-5-8-6-14(1-2-18-8)10-4-7(15(16)17)3-9(12)13-10/h3-4,8H,1-2,6H2,(H2,12,13). The summed E-state index contributed by atoms with van der Waals surface area (Å²) in [7, 11) is 0. The second kappa shape index (κ2) is 4.85. The van der Waals surface area contributed by atoms with Crippen LogP contribution in [0.3, 0.4) is 0 Å². The summed E-state index contributed by atoms with van der Waals surface area (Å²) in [6, 6.07) is 4.54. The molecule has 8 heteroatoms. The molecule has 94 valence electrons. The van der Waals surface area contributed by atoms with E-state index >= 15 is 0 Å². The number of nitro groups is 1. The Morgan fingerprint density at radius 3 is 3.11 bits per heavy atom. The molecule has 2 N–H and O–H groups in total. The van der Waals surface area contributed by atoms with Gasteiger partial charge in [0.25, 0.3) is 5.69 Å². The average molecular weight is 249 g/mol. The highest BCUT2D eigenvalue weighted by Gasteiger charge is 2.22. The maximum atomic E-state index is 10.7. The molecule has 1 fully saturated rings. The SMILES string of the molecule is N#CC1CN(c2cc([N+](=O)[O-])cc(N)n2)CCO1. The molecule has 0 amide bonds. The monoisotopic (exact) mass is 249 g/mol. The van der Waals surface area contributed by atoms with Crippen LogP contribution in [0.1, 0.15) is 0 Å². The molecule has 0 radical (unpaired) electrons. The topological polar surface area (TPSA) is 118 Å². The molecule has 1 atom stereocenters. The van der Waals surface area contributed by atoms with Crippen LogP contribution in [0.25, 0.3) is 0 Å². The van der Waals surface area contributed by atoms with Gasteiger partial charge in [-0.3, -0.25) is 10.1 Å². The molecule has 2 rings (SSSR count). The van der Waals surface area contributed by atoms with Crippen molar-refractivity contribution in [2.45, 2.75) is 6.10 Å². The summed E-state index contributed by atoms with van der Waals surface area (Å²) in [6.07, 6.45) is -0.555. The van der Waals surface area contributed by atoms with Crippen molar-refractivity contribution in [2.24, 2.45) is 0 Å². The molecule has 0 bridgehead atoms. The minimum Gasteiger partial charge on any atom is -0.383 e. The van der Waals surface area contributed by atoms with Crippen LogP contribution in [0, 0.1) is 21.4 Å². The summed E-state index contributed by atoms with van der Waals surface area (Å²) < 4.78 is 5.19. The Kier molecular flexibility index (Phi) is 3.25. The fourth-order valence-corrected chi connectivity index (χ4v) is 1.73. The van der Waals surface area contributed by atoms with E-state index in [9.17, 15) is 10.1 Å². The van der Waals surface area contributed by atoms with Crippen LogP contribution in [0.2, 0.25) is 0 Å². The van der Waals surface area contributed by atoms with E-state index in [1.807, 2.05) is 6.07 Å². The molecule has 0 aromatic carbocycles. The van der Waals surface area contributed by atoms with Crippen molar-refractivity contribution in [3.8, 4) is 6.07 Å². The van der Waals surface area contributed by atoms with Crippen LogP contribution < -0.4 is 10.6 Å². The molecule has 8 nitrogen and oxygen atoms in total. The molecule has 0 spiro atoms. The number of nitrogens with two attached hydrogens (primary N) is 1. The van der Waals surface area contributed by atoms with Gasteiger partial charge in [0, 0.05) is 6.54 Å². The second-order valence-electron chi connectivity index (χ2n) is 3.80. The highest BCUT2D eigenvalue weighted by molar-refractivity contribution is 5.54. The Hall–Kier alpha value is -2.40.